The van der Waals surface area contributed by atoms with Crippen LogP contribution in [0.15, 0.2) is 27.6 Å². The zero-order valence-corrected chi connectivity index (χ0v) is 14.6. The van der Waals surface area contributed by atoms with Crippen molar-refractivity contribution in [3.05, 3.63) is 35.3 Å². The number of nitrogens with zero attached hydrogens (tertiary/aromatic N) is 1. The second-order valence-corrected chi connectivity index (χ2v) is 6.85. The lowest BCUT2D eigenvalue weighted by Crippen LogP contribution is -2.47. The number of nitrogens with one attached hydrogen (secondary N) is 2. The van der Waals surface area contributed by atoms with E-state index in [-0.39, 0.29) is 5.82 Å². The zero-order chi connectivity index (χ0) is 17.4. The van der Waals surface area contributed by atoms with Gasteiger partial charge in [-0.05, 0) is 51.3 Å². The Labute approximate surface area is 146 Å². The molecule has 3 atom stereocenters. The Kier molecular flexibility index (Phi) is 4.37. The van der Waals surface area contributed by atoms with E-state index in [2.05, 4.69) is 15.6 Å². The van der Waals surface area contributed by atoms with E-state index in [1.807, 2.05) is 13.8 Å². The largest absolute Gasteiger partial charge is 0.459 e. The summed E-state index contributed by atoms with van der Waals surface area (Å²) in [5, 5.41) is 7.59. The lowest BCUT2D eigenvalue weighted by molar-refractivity contribution is 0.0992. The molecule has 2 aromatic rings. The molecule has 4 rings (SSSR count). The molecule has 2 aliphatic heterocycles. The third-order valence-corrected chi connectivity index (χ3v) is 5.15. The summed E-state index contributed by atoms with van der Waals surface area (Å²) in [5.74, 6) is 1.29. The molecule has 2 aliphatic rings. The highest BCUT2D eigenvalue weighted by atomic mass is 19.1. The maximum atomic E-state index is 13.4. The Morgan fingerprint density at radius 3 is 2.96 bits per heavy atom. The maximum Gasteiger partial charge on any atom is 0.192 e. The highest BCUT2D eigenvalue weighted by Crippen LogP contribution is 2.34. The summed E-state index contributed by atoms with van der Waals surface area (Å²) < 4.78 is 25.2. The second kappa shape index (κ2) is 6.67. The van der Waals surface area contributed by atoms with Crippen molar-refractivity contribution in [2.24, 2.45) is 4.99 Å². The normalized spacial score (nSPS) is 25.7. The summed E-state index contributed by atoms with van der Waals surface area (Å²) in [7, 11) is 0. The third kappa shape index (κ3) is 3.23. The molecule has 5 nitrogen and oxygen atoms in total. The number of rotatable bonds is 4. The lowest BCUT2D eigenvalue weighted by atomic mass is 9.96. The Balaban J connectivity index is 1.50. The van der Waals surface area contributed by atoms with Gasteiger partial charge >= 0.3 is 0 Å². The molecule has 3 unspecified atom stereocenters. The van der Waals surface area contributed by atoms with E-state index in [9.17, 15) is 4.39 Å². The van der Waals surface area contributed by atoms with E-state index in [1.54, 1.807) is 6.07 Å². The molecule has 0 spiro atoms. The van der Waals surface area contributed by atoms with Crippen LogP contribution in [-0.2, 0) is 11.3 Å². The van der Waals surface area contributed by atoms with Crippen LogP contribution in [0.1, 0.15) is 37.5 Å². The molecule has 1 aromatic carbocycles. The first kappa shape index (κ1) is 16.4. The number of aliphatic imine (C=N–C) groups is 1. The molecular formula is C19H24FN3O2. The van der Waals surface area contributed by atoms with Crippen LogP contribution < -0.4 is 10.6 Å². The first-order valence-corrected chi connectivity index (χ1v) is 9.02. The first-order valence-electron chi connectivity index (χ1n) is 9.02. The number of hydrogen-bond acceptors (Lipinski definition) is 3. The summed E-state index contributed by atoms with van der Waals surface area (Å²) in [4.78, 5) is 4.66. The Morgan fingerprint density at radius 2 is 2.24 bits per heavy atom. The molecule has 2 bridgehead atoms. The molecule has 0 saturated carbocycles. The van der Waals surface area contributed by atoms with Crippen LogP contribution in [0.4, 0.5) is 4.39 Å². The summed E-state index contributed by atoms with van der Waals surface area (Å²) in [6.07, 6.45) is 4.03. The number of halogens is 1. The van der Waals surface area contributed by atoms with Crippen molar-refractivity contribution in [1.82, 2.24) is 10.6 Å². The van der Waals surface area contributed by atoms with E-state index >= 15 is 0 Å². The number of guanidine groups is 1. The van der Waals surface area contributed by atoms with Gasteiger partial charge < -0.3 is 19.8 Å². The Hall–Kier alpha value is -2.08. The van der Waals surface area contributed by atoms with Crippen LogP contribution in [0.25, 0.3) is 11.0 Å². The number of ether oxygens (including phenoxy) is 1. The van der Waals surface area contributed by atoms with E-state index in [1.165, 1.54) is 18.6 Å². The van der Waals surface area contributed by atoms with Crippen molar-refractivity contribution in [3.8, 4) is 0 Å². The molecule has 2 saturated heterocycles. The molecule has 0 aliphatic carbocycles. The fraction of sp³-hybridized carbons (Fsp3) is 0.526. The number of benzene rings is 1. The Bertz CT molecular complexity index is 801. The quantitative estimate of drug-likeness (QED) is 0.660. The standard InChI is InChI=1S/C19H24FN3O2/c1-3-21-19(23-15-9-13-5-7-17(15)24-13)22-10-18-11(2)14-8-12(20)4-6-16(14)25-18/h4,6,8,13,15,17H,3,5,7,9-10H2,1-2H3,(H2,21,22,23). The van der Waals surface area contributed by atoms with Gasteiger partial charge in [-0.1, -0.05) is 0 Å². The SMILES string of the molecule is CCNC(=NCc1oc2ccc(F)cc2c1C)NC1CC2CCC1O2. The summed E-state index contributed by atoms with van der Waals surface area (Å²) in [6, 6.07) is 4.92. The number of fused-ring (bicyclic) bond motifs is 3. The Morgan fingerprint density at radius 1 is 1.36 bits per heavy atom. The average molecular weight is 345 g/mol. The molecule has 0 amide bonds. The molecule has 2 N–H and O–H groups in total. The summed E-state index contributed by atoms with van der Waals surface area (Å²) in [6.45, 7) is 5.20. The summed E-state index contributed by atoms with van der Waals surface area (Å²) >= 11 is 0. The minimum atomic E-state index is -0.252. The molecule has 25 heavy (non-hydrogen) atoms. The van der Waals surface area contributed by atoms with Crippen molar-refractivity contribution in [1.29, 1.82) is 0 Å². The lowest BCUT2D eigenvalue weighted by Gasteiger charge is -2.22. The van der Waals surface area contributed by atoms with E-state index in [4.69, 9.17) is 9.15 Å². The minimum absolute atomic E-state index is 0.252. The van der Waals surface area contributed by atoms with Crippen molar-refractivity contribution < 1.29 is 13.5 Å². The van der Waals surface area contributed by atoms with Gasteiger partial charge in [0.1, 0.15) is 23.7 Å². The molecule has 6 heteroatoms. The number of aryl methyl sites for hydroxylation is 1. The fourth-order valence-corrected chi connectivity index (χ4v) is 3.83. The highest BCUT2D eigenvalue weighted by Gasteiger charge is 2.41. The molecule has 2 fully saturated rings. The van der Waals surface area contributed by atoms with Gasteiger partial charge in [-0.2, -0.15) is 0 Å². The topological polar surface area (TPSA) is 58.8 Å². The van der Waals surface area contributed by atoms with Gasteiger partial charge in [0, 0.05) is 17.5 Å². The van der Waals surface area contributed by atoms with E-state index < -0.39 is 0 Å². The van der Waals surface area contributed by atoms with Crippen molar-refractivity contribution >= 4 is 16.9 Å². The van der Waals surface area contributed by atoms with Crippen LogP contribution >= 0.6 is 0 Å². The monoisotopic (exact) mass is 345 g/mol. The van der Waals surface area contributed by atoms with Crippen LogP contribution in [-0.4, -0.2) is 30.8 Å². The molecule has 1 aromatic heterocycles. The third-order valence-electron chi connectivity index (χ3n) is 5.15. The molecule has 0 radical (unpaired) electrons. The summed E-state index contributed by atoms with van der Waals surface area (Å²) in [5.41, 5.74) is 1.64. The van der Waals surface area contributed by atoms with Gasteiger partial charge in [0.25, 0.3) is 0 Å². The van der Waals surface area contributed by atoms with Gasteiger partial charge in [-0.3, -0.25) is 0 Å². The van der Waals surface area contributed by atoms with Crippen LogP contribution in [0, 0.1) is 12.7 Å². The highest BCUT2D eigenvalue weighted by molar-refractivity contribution is 5.83. The van der Waals surface area contributed by atoms with Gasteiger partial charge in [-0.25, -0.2) is 9.38 Å². The van der Waals surface area contributed by atoms with Crippen molar-refractivity contribution in [2.75, 3.05) is 6.54 Å². The van der Waals surface area contributed by atoms with Gasteiger partial charge in [0.05, 0.1) is 18.2 Å². The number of furan rings is 1. The second-order valence-electron chi connectivity index (χ2n) is 6.85. The van der Waals surface area contributed by atoms with Crippen LogP contribution in [0.3, 0.4) is 0 Å². The van der Waals surface area contributed by atoms with Gasteiger partial charge in [0.2, 0.25) is 0 Å². The molecule has 134 valence electrons. The smallest absolute Gasteiger partial charge is 0.192 e. The van der Waals surface area contributed by atoms with Crippen molar-refractivity contribution in [3.63, 3.8) is 0 Å². The maximum absolute atomic E-state index is 13.4. The van der Waals surface area contributed by atoms with E-state index in [0.717, 1.165) is 42.1 Å². The van der Waals surface area contributed by atoms with Gasteiger partial charge in [-0.15, -0.1) is 0 Å². The molecular weight excluding hydrogens is 321 g/mol. The minimum Gasteiger partial charge on any atom is -0.459 e. The first-order chi connectivity index (χ1) is 12.1. The van der Waals surface area contributed by atoms with Gasteiger partial charge in [0.15, 0.2) is 5.96 Å². The zero-order valence-electron chi connectivity index (χ0n) is 14.6. The fourth-order valence-electron chi connectivity index (χ4n) is 3.83. The van der Waals surface area contributed by atoms with Crippen molar-refractivity contribution in [2.45, 2.75) is 57.9 Å². The predicted octanol–water partition coefficient (Wildman–Crippen LogP) is 3.26. The van der Waals surface area contributed by atoms with E-state index in [0.29, 0.717) is 30.4 Å². The molecule has 3 heterocycles. The van der Waals surface area contributed by atoms with Crippen LogP contribution in [0.2, 0.25) is 0 Å². The predicted molar refractivity (Wildman–Crippen MR) is 95.2 cm³/mol. The average Bonchev–Trinajstić information content (AvgIpc) is 3.29. The van der Waals surface area contributed by atoms with Crippen LogP contribution in [0.5, 0.6) is 0 Å². The number of hydrogen-bond donors (Lipinski definition) is 2.